The van der Waals surface area contributed by atoms with E-state index >= 15 is 0 Å². The molecule has 2 aromatic carbocycles. The third kappa shape index (κ3) is 2.62. The lowest BCUT2D eigenvalue weighted by atomic mass is 9.88. The zero-order valence-corrected chi connectivity index (χ0v) is 11.8. The molecular formula is C17H20N2. The summed E-state index contributed by atoms with van der Waals surface area (Å²) in [6, 6.07) is 17.3. The zero-order valence-electron chi connectivity index (χ0n) is 11.8. The fourth-order valence-electron chi connectivity index (χ4n) is 2.75. The van der Waals surface area contributed by atoms with Crippen LogP contribution in [0.25, 0.3) is 10.8 Å². The van der Waals surface area contributed by atoms with Crippen molar-refractivity contribution in [3.05, 3.63) is 48.0 Å². The highest BCUT2D eigenvalue weighted by Crippen LogP contribution is 2.33. The average molecular weight is 252 g/mol. The summed E-state index contributed by atoms with van der Waals surface area (Å²) in [6.45, 7) is 2.08. The number of nitriles is 1. The molecule has 0 saturated heterocycles. The van der Waals surface area contributed by atoms with Crippen molar-refractivity contribution in [3.63, 3.8) is 0 Å². The molecule has 0 aliphatic carbocycles. The first-order chi connectivity index (χ1) is 9.19. The van der Waals surface area contributed by atoms with Gasteiger partial charge in [-0.25, -0.2) is 0 Å². The highest BCUT2D eigenvalue weighted by atomic mass is 15.1. The molecule has 0 spiro atoms. The van der Waals surface area contributed by atoms with Gasteiger partial charge in [-0.05, 0) is 36.9 Å². The Morgan fingerprint density at radius 2 is 1.79 bits per heavy atom. The molecule has 2 nitrogen and oxygen atoms in total. The molecular weight excluding hydrogens is 232 g/mol. The smallest absolute Gasteiger partial charge is 0.0675 e. The normalized spacial score (nSPS) is 14.3. The van der Waals surface area contributed by atoms with Gasteiger partial charge >= 0.3 is 0 Å². The molecule has 0 aromatic heterocycles. The summed E-state index contributed by atoms with van der Waals surface area (Å²) in [5.74, 6) is 0.0146. The minimum atomic E-state index is 0.0146. The second-order valence-corrected chi connectivity index (χ2v) is 5.12. The van der Waals surface area contributed by atoms with Crippen molar-refractivity contribution in [1.29, 1.82) is 5.26 Å². The minimum absolute atomic E-state index is 0.0146. The van der Waals surface area contributed by atoms with Crippen LogP contribution < -0.4 is 0 Å². The van der Waals surface area contributed by atoms with Gasteiger partial charge in [-0.3, -0.25) is 0 Å². The van der Waals surface area contributed by atoms with Crippen molar-refractivity contribution in [1.82, 2.24) is 4.90 Å². The van der Waals surface area contributed by atoms with Crippen LogP contribution in [0.3, 0.4) is 0 Å². The largest absolute Gasteiger partial charge is 0.301 e. The van der Waals surface area contributed by atoms with Crippen molar-refractivity contribution in [2.75, 3.05) is 14.1 Å². The molecule has 2 rings (SSSR count). The van der Waals surface area contributed by atoms with Crippen LogP contribution in [0.5, 0.6) is 0 Å². The Bertz CT molecular complexity index is 590. The van der Waals surface area contributed by atoms with Crippen molar-refractivity contribution in [2.24, 2.45) is 5.92 Å². The van der Waals surface area contributed by atoms with E-state index in [-0.39, 0.29) is 12.0 Å². The third-order valence-corrected chi connectivity index (χ3v) is 3.69. The Hall–Kier alpha value is -1.85. The van der Waals surface area contributed by atoms with E-state index in [4.69, 9.17) is 0 Å². The number of nitrogens with zero attached hydrogens (tertiary/aromatic N) is 2. The molecule has 0 N–H and O–H groups in total. The van der Waals surface area contributed by atoms with Crippen LogP contribution in [-0.4, -0.2) is 19.0 Å². The Morgan fingerprint density at radius 3 is 2.42 bits per heavy atom. The number of rotatable bonds is 4. The van der Waals surface area contributed by atoms with Gasteiger partial charge in [0.25, 0.3) is 0 Å². The van der Waals surface area contributed by atoms with Crippen LogP contribution >= 0.6 is 0 Å². The first-order valence-electron chi connectivity index (χ1n) is 6.72. The molecule has 2 heteroatoms. The monoisotopic (exact) mass is 252 g/mol. The van der Waals surface area contributed by atoms with E-state index in [0.29, 0.717) is 0 Å². The van der Waals surface area contributed by atoms with Gasteiger partial charge in [0.15, 0.2) is 0 Å². The van der Waals surface area contributed by atoms with E-state index in [1.807, 2.05) is 14.1 Å². The van der Waals surface area contributed by atoms with Gasteiger partial charge in [0.1, 0.15) is 0 Å². The molecule has 0 saturated carbocycles. The Morgan fingerprint density at radius 1 is 1.11 bits per heavy atom. The Labute approximate surface area is 115 Å². The number of hydrogen-bond acceptors (Lipinski definition) is 2. The molecule has 0 aliphatic heterocycles. The molecule has 0 amide bonds. The molecule has 98 valence electrons. The van der Waals surface area contributed by atoms with E-state index in [1.54, 1.807) is 0 Å². The topological polar surface area (TPSA) is 27.0 Å². The fraction of sp³-hybridized carbons (Fsp3) is 0.353. The zero-order chi connectivity index (χ0) is 13.8. The first kappa shape index (κ1) is 13.6. The molecule has 19 heavy (non-hydrogen) atoms. The maximum absolute atomic E-state index is 9.40. The SMILES string of the molecule is CCC(C#N)C(c1cccc2ccccc12)N(C)C. The standard InChI is InChI=1S/C17H20N2/c1-4-13(12-18)17(19(2)3)16-11-7-9-14-8-5-6-10-15(14)16/h5-11,13,17H,4H2,1-3H3. The van der Waals surface area contributed by atoms with Gasteiger partial charge < -0.3 is 4.90 Å². The van der Waals surface area contributed by atoms with E-state index in [0.717, 1.165) is 6.42 Å². The van der Waals surface area contributed by atoms with E-state index in [1.165, 1.54) is 16.3 Å². The van der Waals surface area contributed by atoms with Gasteiger partial charge in [-0.1, -0.05) is 49.4 Å². The second-order valence-electron chi connectivity index (χ2n) is 5.12. The molecule has 2 aromatic rings. The Balaban J connectivity index is 2.60. The number of hydrogen-bond donors (Lipinski definition) is 0. The average Bonchev–Trinajstić information content (AvgIpc) is 2.44. The number of fused-ring (bicyclic) bond motifs is 1. The lowest BCUT2D eigenvalue weighted by Gasteiger charge is -2.29. The number of benzene rings is 2. The summed E-state index contributed by atoms with van der Waals surface area (Å²) in [6.07, 6.45) is 0.864. The van der Waals surface area contributed by atoms with E-state index in [9.17, 15) is 5.26 Å². The maximum Gasteiger partial charge on any atom is 0.0675 e. The van der Waals surface area contributed by atoms with Crippen LogP contribution in [0.2, 0.25) is 0 Å². The molecule has 2 unspecified atom stereocenters. The van der Waals surface area contributed by atoms with Crippen LogP contribution in [0.1, 0.15) is 24.9 Å². The lowest BCUT2D eigenvalue weighted by molar-refractivity contribution is 0.243. The van der Waals surface area contributed by atoms with Crippen LogP contribution in [0.15, 0.2) is 42.5 Å². The Kier molecular flexibility index (Phi) is 4.19. The maximum atomic E-state index is 9.40. The summed E-state index contributed by atoms with van der Waals surface area (Å²) in [4.78, 5) is 2.15. The fourth-order valence-corrected chi connectivity index (χ4v) is 2.75. The van der Waals surface area contributed by atoms with Crippen LogP contribution in [0.4, 0.5) is 0 Å². The van der Waals surface area contributed by atoms with Gasteiger partial charge in [0.05, 0.1) is 18.0 Å². The van der Waals surface area contributed by atoms with Gasteiger partial charge in [0, 0.05) is 0 Å². The quantitative estimate of drug-likeness (QED) is 0.822. The predicted octanol–water partition coefficient (Wildman–Crippen LogP) is 3.99. The summed E-state index contributed by atoms with van der Waals surface area (Å²) in [7, 11) is 4.10. The summed E-state index contributed by atoms with van der Waals surface area (Å²) in [5, 5.41) is 11.9. The van der Waals surface area contributed by atoms with Crippen molar-refractivity contribution in [2.45, 2.75) is 19.4 Å². The molecule has 2 atom stereocenters. The highest BCUT2D eigenvalue weighted by molar-refractivity contribution is 5.86. The molecule has 0 radical (unpaired) electrons. The van der Waals surface area contributed by atoms with Crippen LogP contribution in [-0.2, 0) is 0 Å². The van der Waals surface area contributed by atoms with Gasteiger partial charge in [-0.15, -0.1) is 0 Å². The van der Waals surface area contributed by atoms with Crippen molar-refractivity contribution in [3.8, 4) is 6.07 Å². The minimum Gasteiger partial charge on any atom is -0.301 e. The summed E-state index contributed by atoms with van der Waals surface area (Å²) >= 11 is 0. The molecule has 0 heterocycles. The highest BCUT2D eigenvalue weighted by Gasteiger charge is 2.25. The third-order valence-electron chi connectivity index (χ3n) is 3.69. The first-order valence-corrected chi connectivity index (χ1v) is 6.72. The molecule has 0 fully saturated rings. The summed E-state index contributed by atoms with van der Waals surface area (Å²) < 4.78 is 0. The van der Waals surface area contributed by atoms with E-state index < -0.39 is 0 Å². The summed E-state index contributed by atoms with van der Waals surface area (Å²) in [5.41, 5.74) is 1.25. The molecule has 0 aliphatic rings. The van der Waals surface area contributed by atoms with Crippen molar-refractivity contribution < 1.29 is 0 Å². The van der Waals surface area contributed by atoms with Crippen molar-refractivity contribution >= 4 is 10.8 Å². The molecule has 0 bridgehead atoms. The van der Waals surface area contributed by atoms with E-state index in [2.05, 4.69) is 60.4 Å². The van der Waals surface area contributed by atoms with Gasteiger partial charge in [-0.2, -0.15) is 5.26 Å². The predicted molar refractivity (Wildman–Crippen MR) is 79.8 cm³/mol. The van der Waals surface area contributed by atoms with Crippen LogP contribution in [0, 0.1) is 17.2 Å². The lowest BCUT2D eigenvalue weighted by Crippen LogP contribution is -2.26. The van der Waals surface area contributed by atoms with Gasteiger partial charge in [0.2, 0.25) is 0 Å². The second kappa shape index (κ2) is 5.86.